The predicted molar refractivity (Wildman–Crippen MR) is 69.3 cm³/mol. The second kappa shape index (κ2) is 5.82. The lowest BCUT2D eigenvalue weighted by molar-refractivity contribution is 0.166. The fraction of sp³-hybridized carbons (Fsp3) is 0.769. The molecular formula is C13H23N3O2. The summed E-state index contributed by atoms with van der Waals surface area (Å²) in [6.45, 7) is 8.43. The molecule has 0 spiro atoms. The largest absolute Gasteiger partial charge is 0.383 e. The van der Waals surface area contributed by atoms with Crippen LogP contribution in [0.25, 0.3) is 0 Å². The minimum atomic E-state index is 0.214. The summed E-state index contributed by atoms with van der Waals surface area (Å²) in [4.78, 5) is 0. The normalized spacial score (nSPS) is 22.5. The Morgan fingerprint density at radius 2 is 2.44 bits per heavy atom. The summed E-state index contributed by atoms with van der Waals surface area (Å²) in [5.74, 6) is 0. The number of aromatic nitrogens is 2. The van der Waals surface area contributed by atoms with Gasteiger partial charge in [-0.15, -0.1) is 0 Å². The van der Waals surface area contributed by atoms with Crippen molar-refractivity contribution in [1.82, 2.24) is 15.1 Å². The van der Waals surface area contributed by atoms with Gasteiger partial charge < -0.3 is 14.8 Å². The van der Waals surface area contributed by atoms with Crippen LogP contribution in [0.3, 0.4) is 0 Å². The van der Waals surface area contributed by atoms with Crippen LogP contribution < -0.4 is 5.32 Å². The van der Waals surface area contributed by atoms with Gasteiger partial charge in [-0.25, -0.2) is 0 Å². The number of hydrogen-bond donors (Lipinski definition) is 1. The number of nitrogens with one attached hydrogen (secondary N) is 1. The molecular weight excluding hydrogens is 230 g/mol. The second-order valence-corrected chi connectivity index (χ2v) is 5.54. The van der Waals surface area contributed by atoms with E-state index in [2.05, 4.69) is 30.5 Å². The number of methoxy groups -OCH3 is 1. The van der Waals surface area contributed by atoms with Crippen molar-refractivity contribution in [1.29, 1.82) is 0 Å². The third-order valence-electron chi connectivity index (χ3n) is 3.47. The maximum absolute atomic E-state index is 5.52. The highest BCUT2D eigenvalue weighted by Crippen LogP contribution is 2.27. The molecule has 1 aliphatic heterocycles. The molecule has 2 heterocycles. The maximum atomic E-state index is 5.52. The summed E-state index contributed by atoms with van der Waals surface area (Å²) in [6, 6.07) is 0.417. The molecule has 0 saturated carbocycles. The van der Waals surface area contributed by atoms with Crippen molar-refractivity contribution < 1.29 is 9.47 Å². The topological polar surface area (TPSA) is 48.3 Å². The number of hydrogen-bond acceptors (Lipinski definition) is 4. The zero-order valence-electron chi connectivity index (χ0n) is 11.5. The Balaban J connectivity index is 1.81. The highest BCUT2D eigenvalue weighted by atomic mass is 16.5. The quantitative estimate of drug-likeness (QED) is 0.823. The molecule has 0 aromatic carbocycles. The van der Waals surface area contributed by atoms with Crippen LogP contribution in [0.1, 0.15) is 19.4 Å². The van der Waals surface area contributed by atoms with Crippen LogP contribution in [0.4, 0.5) is 0 Å². The van der Waals surface area contributed by atoms with Crippen molar-refractivity contribution in [3.05, 3.63) is 18.0 Å². The SMILES string of the molecule is COCCn1cc(CNC2COCC2(C)C)cn1. The first kappa shape index (κ1) is 13.5. The van der Waals surface area contributed by atoms with Crippen LogP contribution in [-0.2, 0) is 22.6 Å². The third kappa shape index (κ3) is 3.31. The Kier molecular flexibility index (Phi) is 4.37. The second-order valence-electron chi connectivity index (χ2n) is 5.54. The molecule has 0 amide bonds. The average Bonchev–Trinajstić information content (AvgIpc) is 2.90. The van der Waals surface area contributed by atoms with E-state index in [4.69, 9.17) is 9.47 Å². The van der Waals surface area contributed by atoms with Gasteiger partial charge >= 0.3 is 0 Å². The van der Waals surface area contributed by atoms with Crippen LogP contribution >= 0.6 is 0 Å². The zero-order valence-corrected chi connectivity index (χ0v) is 11.5. The fourth-order valence-corrected chi connectivity index (χ4v) is 2.15. The van der Waals surface area contributed by atoms with Gasteiger partial charge in [0.2, 0.25) is 0 Å². The lowest BCUT2D eigenvalue weighted by Gasteiger charge is -2.25. The average molecular weight is 253 g/mol. The van der Waals surface area contributed by atoms with E-state index in [1.165, 1.54) is 5.56 Å². The first-order valence-corrected chi connectivity index (χ1v) is 6.43. The highest BCUT2D eigenvalue weighted by molar-refractivity contribution is 5.04. The molecule has 1 aromatic heterocycles. The molecule has 102 valence electrons. The van der Waals surface area contributed by atoms with Gasteiger partial charge in [0.15, 0.2) is 0 Å². The first-order chi connectivity index (χ1) is 8.62. The summed E-state index contributed by atoms with van der Waals surface area (Å²) in [5.41, 5.74) is 1.42. The van der Waals surface area contributed by atoms with E-state index < -0.39 is 0 Å². The lowest BCUT2D eigenvalue weighted by Crippen LogP contribution is -2.40. The minimum Gasteiger partial charge on any atom is -0.383 e. The monoisotopic (exact) mass is 253 g/mol. The van der Waals surface area contributed by atoms with E-state index >= 15 is 0 Å². The van der Waals surface area contributed by atoms with Crippen LogP contribution in [0.15, 0.2) is 12.4 Å². The van der Waals surface area contributed by atoms with Crippen LogP contribution in [0, 0.1) is 5.41 Å². The lowest BCUT2D eigenvalue weighted by atomic mass is 9.88. The van der Waals surface area contributed by atoms with Gasteiger partial charge in [-0.3, -0.25) is 4.68 Å². The van der Waals surface area contributed by atoms with Crippen molar-refractivity contribution >= 4 is 0 Å². The molecule has 0 radical (unpaired) electrons. The third-order valence-corrected chi connectivity index (χ3v) is 3.47. The Hall–Kier alpha value is -0.910. The fourth-order valence-electron chi connectivity index (χ4n) is 2.15. The molecule has 0 bridgehead atoms. The molecule has 5 heteroatoms. The van der Waals surface area contributed by atoms with Gasteiger partial charge in [-0.1, -0.05) is 13.8 Å². The smallest absolute Gasteiger partial charge is 0.0658 e. The van der Waals surface area contributed by atoms with E-state index in [9.17, 15) is 0 Å². The van der Waals surface area contributed by atoms with E-state index in [-0.39, 0.29) is 5.41 Å². The Labute approximate surface area is 108 Å². The summed E-state index contributed by atoms with van der Waals surface area (Å²) >= 11 is 0. The Bertz CT molecular complexity index is 376. The van der Waals surface area contributed by atoms with Gasteiger partial charge in [-0.05, 0) is 0 Å². The van der Waals surface area contributed by atoms with Crippen molar-refractivity contribution in [3.63, 3.8) is 0 Å². The zero-order chi connectivity index (χ0) is 13.0. The summed E-state index contributed by atoms with van der Waals surface area (Å²) in [7, 11) is 1.70. The molecule has 1 aliphatic rings. The molecule has 1 N–H and O–H groups in total. The Morgan fingerprint density at radius 3 is 3.11 bits per heavy atom. The van der Waals surface area contributed by atoms with E-state index in [1.54, 1.807) is 7.11 Å². The molecule has 1 fully saturated rings. The number of ether oxygens (including phenoxy) is 2. The molecule has 2 rings (SSSR count). The minimum absolute atomic E-state index is 0.214. The summed E-state index contributed by atoms with van der Waals surface area (Å²) in [6.07, 6.45) is 3.97. The van der Waals surface area contributed by atoms with Crippen LogP contribution in [0.5, 0.6) is 0 Å². The number of rotatable bonds is 6. The molecule has 5 nitrogen and oxygen atoms in total. The van der Waals surface area contributed by atoms with Crippen molar-refractivity contribution in [2.24, 2.45) is 5.41 Å². The maximum Gasteiger partial charge on any atom is 0.0658 e. The van der Waals surface area contributed by atoms with Gasteiger partial charge in [0.1, 0.15) is 0 Å². The molecule has 1 unspecified atom stereocenters. The van der Waals surface area contributed by atoms with Gasteiger partial charge in [0, 0.05) is 36.9 Å². The predicted octanol–water partition coefficient (Wildman–Crippen LogP) is 1.04. The van der Waals surface area contributed by atoms with E-state index in [0.29, 0.717) is 12.6 Å². The Morgan fingerprint density at radius 1 is 1.61 bits per heavy atom. The van der Waals surface area contributed by atoms with Gasteiger partial charge in [0.25, 0.3) is 0 Å². The van der Waals surface area contributed by atoms with Crippen LogP contribution in [0.2, 0.25) is 0 Å². The molecule has 1 saturated heterocycles. The van der Waals surface area contributed by atoms with Gasteiger partial charge in [0.05, 0.1) is 32.6 Å². The summed E-state index contributed by atoms with van der Waals surface area (Å²) < 4.78 is 12.5. The van der Waals surface area contributed by atoms with E-state index in [1.807, 2.05) is 10.9 Å². The molecule has 1 atom stereocenters. The van der Waals surface area contributed by atoms with E-state index in [0.717, 1.165) is 26.3 Å². The molecule has 1 aromatic rings. The van der Waals surface area contributed by atoms with Crippen molar-refractivity contribution in [2.75, 3.05) is 26.9 Å². The highest BCUT2D eigenvalue weighted by Gasteiger charge is 2.35. The standard InChI is InChI=1S/C13H23N3O2/c1-13(2)10-18-9-12(13)14-6-11-7-15-16(8-11)4-5-17-3/h7-8,12,14H,4-6,9-10H2,1-3H3. The molecule has 0 aliphatic carbocycles. The number of nitrogens with zero attached hydrogens (tertiary/aromatic N) is 2. The van der Waals surface area contributed by atoms with Crippen LogP contribution in [-0.4, -0.2) is 42.8 Å². The van der Waals surface area contributed by atoms with Gasteiger partial charge in [-0.2, -0.15) is 5.10 Å². The van der Waals surface area contributed by atoms with Crippen molar-refractivity contribution in [2.45, 2.75) is 33.0 Å². The molecule has 18 heavy (non-hydrogen) atoms. The summed E-state index contributed by atoms with van der Waals surface area (Å²) in [5, 5.41) is 7.85. The van der Waals surface area contributed by atoms with Crippen molar-refractivity contribution in [3.8, 4) is 0 Å². The first-order valence-electron chi connectivity index (χ1n) is 6.43.